The lowest BCUT2D eigenvalue weighted by atomic mass is 10.2. The highest BCUT2D eigenvalue weighted by Gasteiger charge is 2.05. The van der Waals surface area contributed by atoms with E-state index in [4.69, 9.17) is 9.84 Å². The van der Waals surface area contributed by atoms with Gasteiger partial charge in [-0.25, -0.2) is 9.18 Å². The second-order valence-electron chi connectivity index (χ2n) is 4.13. The SMILES string of the molecule is CSc1ccc(Oc2ccc(F)cc2C=CC(=O)O)cc1. The first-order chi connectivity index (χ1) is 10.1. The van der Waals surface area contributed by atoms with Gasteiger partial charge in [-0.15, -0.1) is 11.8 Å². The van der Waals surface area contributed by atoms with Gasteiger partial charge in [-0.1, -0.05) is 0 Å². The molecule has 0 aliphatic carbocycles. The van der Waals surface area contributed by atoms with Crippen LogP contribution in [-0.4, -0.2) is 17.3 Å². The Hall–Kier alpha value is -2.27. The van der Waals surface area contributed by atoms with Crippen LogP contribution in [0.1, 0.15) is 5.56 Å². The van der Waals surface area contributed by atoms with Crippen LogP contribution in [0.25, 0.3) is 6.08 Å². The summed E-state index contributed by atoms with van der Waals surface area (Å²) < 4.78 is 18.9. The molecule has 0 radical (unpaired) electrons. The molecule has 3 nitrogen and oxygen atoms in total. The van der Waals surface area contributed by atoms with Crippen molar-refractivity contribution in [1.29, 1.82) is 0 Å². The fraction of sp³-hybridized carbons (Fsp3) is 0.0625. The van der Waals surface area contributed by atoms with E-state index in [-0.39, 0.29) is 0 Å². The van der Waals surface area contributed by atoms with E-state index in [1.54, 1.807) is 23.9 Å². The second kappa shape index (κ2) is 6.95. The van der Waals surface area contributed by atoms with Crippen molar-refractivity contribution < 1.29 is 19.0 Å². The molecule has 0 aromatic heterocycles. The van der Waals surface area contributed by atoms with Gasteiger partial charge in [-0.3, -0.25) is 0 Å². The van der Waals surface area contributed by atoms with Crippen LogP contribution in [0.2, 0.25) is 0 Å². The van der Waals surface area contributed by atoms with Gasteiger partial charge in [0.1, 0.15) is 17.3 Å². The molecule has 0 aliphatic heterocycles. The molecule has 0 amide bonds. The van der Waals surface area contributed by atoms with Gasteiger partial charge >= 0.3 is 5.97 Å². The number of halogens is 1. The van der Waals surface area contributed by atoms with Gasteiger partial charge in [0.25, 0.3) is 0 Å². The standard InChI is InChI=1S/C16H13FO3S/c1-21-14-6-4-13(5-7-14)20-15-8-3-12(17)10-11(15)2-9-16(18)19/h2-10H,1H3,(H,18,19). The van der Waals surface area contributed by atoms with Crippen molar-refractivity contribution in [1.82, 2.24) is 0 Å². The van der Waals surface area contributed by atoms with E-state index in [0.717, 1.165) is 11.0 Å². The van der Waals surface area contributed by atoms with Crippen LogP contribution in [0.15, 0.2) is 53.4 Å². The fourth-order valence-corrected chi connectivity index (χ4v) is 2.08. The molecular formula is C16H13FO3S. The van der Waals surface area contributed by atoms with Gasteiger partial charge < -0.3 is 9.84 Å². The maximum atomic E-state index is 13.3. The molecule has 0 aliphatic rings. The Bertz CT molecular complexity index is 666. The average molecular weight is 304 g/mol. The van der Waals surface area contributed by atoms with E-state index in [2.05, 4.69) is 0 Å². The van der Waals surface area contributed by atoms with Crippen molar-refractivity contribution in [3.63, 3.8) is 0 Å². The smallest absolute Gasteiger partial charge is 0.328 e. The highest BCUT2D eigenvalue weighted by atomic mass is 32.2. The Morgan fingerprint density at radius 3 is 2.57 bits per heavy atom. The molecule has 0 spiro atoms. The number of carboxylic acids is 1. The highest BCUT2D eigenvalue weighted by Crippen LogP contribution is 2.28. The van der Waals surface area contributed by atoms with Gasteiger partial charge in [0, 0.05) is 16.5 Å². The van der Waals surface area contributed by atoms with Gasteiger partial charge in [0.15, 0.2) is 0 Å². The molecule has 21 heavy (non-hydrogen) atoms. The number of hydrogen-bond donors (Lipinski definition) is 1. The number of rotatable bonds is 5. The van der Waals surface area contributed by atoms with Crippen LogP contribution in [-0.2, 0) is 4.79 Å². The fourth-order valence-electron chi connectivity index (χ4n) is 1.67. The Labute approximate surface area is 126 Å². The zero-order valence-corrected chi connectivity index (χ0v) is 12.1. The van der Waals surface area contributed by atoms with Gasteiger partial charge in [0.2, 0.25) is 0 Å². The van der Waals surface area contributed by atoms with Crippen molar-refractivity contribution in [2.24, 2.45) is 0 Å². The molecule has 1 N–H and O–H groups in total. The molecular weight excluding hydrogens is 291 g/mol. The number of benzene rings is 2. The monoisotopic (exact) mass is 304 g/mol. The Kier molecular flexibility index (Phi) is 5.00. The highest BCUT2D eigenvalue weighted by molar-refractivity contribution is 7.98. The molecule has 0 bridgehead atoms. The number of hydrogen-bond acceptors (Lipinski definition) is 3. The number of carboxylic acid groups (broad SMARTS) is 1. The summed E-state index contributed by atoms with van der Waals surface area (Å²) in [4.78, 5) is 11.7. The number of carbonyl (C=O) groups is 1. The predicted octanol–water partition coefficient (Wildman–Crippen LogP) is 4.44. The summed E-state index contributed by atoms with van der Waals surface area (Å²) in [5.41, 5.74) is 0.367. The van der Waals surface area contributed by atoms with E-state index in [1.165, 1.54) is 24.3 Å². The summed E-state index contributed by atoms with van der Waals surface area (Å²) in [5, 5.41) is 8.66. The minimum Gasteiger partial charge on any atom is -0.478 e. The lowest BCUT2D eigenvalue weighted by Crippen LogP contribution is -1.91. The molecule has 2 aromatic carbocycles. The molecule has 2 rings (SSSR count). The van der Waals surface area contributed by atoms with Crippen molar-refractivity contribution in [3.05, 3.63) is 59.9 Å². The molecule has 0 fully saturated rings. The predicted molar refractivity (Wildman–Crippen MR) is 81.4 cm³/mol. The summed E-state index contributed by atoms with van der Waals surface area (Å²) in [5.74, 6) is -0.560. The minimum atomic E-state index is -1.10. The molecule has 0 saturated heterocycles. The van der Waals surface area contributed by atoms with Crippen molar-refractivity contribution >= 4 is 23.8 Å². The number of aliphatic carboxylic acids is 1. The molecule has 108 valence electrons. The molecule has 0 saturated carbocycles. The topological polar surface area (TPSA) is 46.5 Å². The first-order valence-electron chi connectivity index (χ1n) is 6.11. The van der Waals surface area contributed by atoms with Crippen LogP contribution < -0.4 is 4.74 Å². The van der Waals surface area contributed by atoms with Gasteiger partial charge in [-0.05, 0) is 54.8 Å². The van der Waals surface area contributed by atoms with E-state index < -0.39 is 11.8 Å². The van der Waals surface area contributed by atoms with Crippen LogP contribution in [0.3, 0.4) is 0 Å². The van der Waals surface area contributed by atoms with Crippen molar-refractivity contribution in [3.8, 4) is 11.5 Å². The number of ether oxygens (including phenoxy) is 1. The van der Waals surface area contributed by atoms with Crippen molar-refractivity contribution in [2.45, 2.75) is 4.90 Å². The Morgan fingerprint density at radius 2 is 1.95 bits per heavy atom. The molecule has 0 heterocycles. The summed E-state index contributed by atoms with van der Waals surface area (Å²) >= 11 is 1.62. The lowest BCUT2D eigenvalue weighted by Gasteiger charge is -2.09. The molecule has 0 unspecified atom stereocenters. The normalized spacial score (nSPS) is 10.8. The van der Waals surface area contributed by atoms with E-state index >= 15 is 0 Å². The van der Waals surface area contributed by atoms with Crippen LogP contribution in [0, 0.1) is 5.82 Å². The molecule has 2 aromatic rings. The van der Waals surface area contributed by atoms with Gasteiger partial charge in [-0.2, -0.15) is 0 Å². The van der Waals surface area contributed by atoms with E-state index in [1.807, 2.05) is 18.4 Å². The maximum absolute atomic E-state index is 13.3. The minimum absolute atomic E-state index is 0.367. The van der Waals surface area contributed by atoms with Crippen LogP contribution in [0.5, 0.6) is 11.5 Å². The van der Waals surface area contributed by atoms with Crippen LogP contribution >= 0.6 is 11.8 Å². The Balaban J connectivity index is 2.27. The van der Waals surface area contributed by atoms with E-state index in [9.17, 15) is 9.18 Å². The lowest BCUT2D eigenvalue weighted by molar-refractivity contribution is -0.131. The Morgan fingerprint density at radius 1 is 1.24 bits per heavy atom. The summed E-state index contributed by atoms with van der Waals surface area (Å²) in [6, 6.07) is 11.4. The van der Waals surface area contributed by atoms with Crippen LogP contribution in [0.4, 0.5) is 4.39 Å². The summed E-state index contributed by atoms with van der Waals surface area (Å²) in [7, 11) is 0. The largest absolute Gasteiger partial charge is 0.478 e. The third-order valence-corrected chi connectivity index (χ3v) is 3.41. The summed E-state index contributed by atoms with van der Waals surface area (Å²) in [6.07, 6.45) is 4.22. The van der Waals surface area contributed by atoms with Crippen molar-refractivity contribution in [2.75, 3.05) is 6.26 Å². The maximum Gasteiger partial charge on any atom is 0.328 e. The zero-order chi connectivity index (χ0) is 15.2. The first kappa shape index (κ1) is 15.1. The molecule has 5 heteroatoms. The second-order valence-corrected chi connectivity index (χ2v) is 5.01. The van der Waals surface area contributed by atoms with E-state index in [0.29, 0.717) is 17.1 Å². The third kappa shape index (κ3) is 4.36. The molecule has 0 atom stereocenters. The third-order valence-electron chi connectivity index (χ3n) is 2.66. The van der Waals surface area contributed by atoms with Gasteiger partial charge in [0.05, 0.1) is 0 Å². The quantitative estimate of drug-likeness (QED) is 0.655. The first-order valence-corrected chi connectivity index (χ1v) is 7.33. The number of thioether (sulfide) groups is 1. The zero-order valence-electron chi connectivity index (χ0n) is 11.2. The summed E-state index contributed by atoms with van der Waals surface area (Å²) in [6.45, 7) is 0. The average Bonchev–Trinajstić information content (AvgIpc) is 2.48.